The van der Waals surface area contributed by atoms with Crippen LogP contribution < -0.4 is 0 Å². The third kappa shape index (κ3) is 3.83. The molecule has 0 spiro atoms. The van der Waals surface area contributed by atoms with Gasteiger partial charge in [-0.25, -0.2) is 4.39 Å². The van der Waals surface area contributed by atoms with Gasteiger partial charge >= 0.3 is 5.97 Å². The molecule has 0 saturated heterocycles. The molecule has 0 aromatic heterocycles. The van der Waals surface area contributed by atoms with Gasteiger partial charge in [-0.05, 0) is 43.7 Å². The molecule has 0 amide bonds. The highest BCUT2D eigenvalue weighted by atomic mass is 19.1. The Bertz CT molecular complexity index is 397. The van der Waals surface area contributed by atoms with Crippen molar-refractivity contribution in [2.75, 3.05) is 0 Å². The number of halogens is 1. The number of ether oxygens (including phenoxy) is 1. The van der Waals surface area contributed by atoms with E-state index in [0.29, 0.717) is 12.0 Å². The first-order valence-corrected chi connectivity index (χ1v) is 6.68. The number of carbonyl (C=O) groups excluding carboxylic acids is 1. The van der Waals surface area contributed by atoms with Gasteiger partial charge in [0.25, 0.3) is 0 Å². The van der Waals surface area contributed by atoms with Crippen LogP contribution in [-0.4, -0.2) is 12.1 Å². The molecule has 18 heavy (non-hydrogen) atoms. The van der Waals surface area contributed by atoms with Gasteiger partial charge in [0.1, 0.15) is 11.9 Å². The molecular weight excluding hydrogens is 231 g/mol. The second kappa shape index (κ2) is 6.53. The van der Waals surface area contributed by atoms with Crippen LogP contribution in [-0.2, 0) is 16.0 Å². The first kappa shape index (κ1) is 13.1. The van der Waals surface area contributed by atoms with Crippen LogP contribution >= 0.6 is 0 Å². The number of carbonyl (C=O) groups is 1. The molecule has 2 rings (SSSR count). The summed E-state index contributed by atoms with van der Waals surface area (Å²) in [5, 5.41) is 0. The Morgan fingerprint density at radius 1 is 1.22 bits per heavy atom. The van der Waals surface area contributed by atoms with Crippen LogP contribution in [0.2, 0.25) is 0 Å². The van der Waals surface area contributed by atoms with Gasteiger partial charge in [0.2, 0.25) is 0 Å². The molecule has 0 heterocycles. The topological polar surface area (TPSA) is 26.3 Å². The Morgan fingerprint density at radius 2 is 1.94 bits per heavy atom. The highest BCUT2D eigenvalue weighted by Gasteiger charge is 2.17. The number of aryl methyl sites for hydroxylation is 1. The van der Waals surface area contributed by atoms with E-state index in [1.54, 1.807) is 18.2 Å². The highest BCUT2D eigenvalue weighted by molar-refractivity contribution is 5.69. The molecule has 0 N–H and O–H groups in total. The van der Waals surface area contributed by atoms with Gasteiger partial charge < -0.3 is 4.74 Å². The summed E-state index contributed by atoms with van der Waals surface area (Å²) in [7, 11) is 0. The van der Waals surface area contributed by atoms with E-state index < -0.39 is 0 Å². The average molecular weight is 250 g/mol. The summed E-state index contributed by atoms with van der Waals surface area (Å²) < 4.78 is 18.7. The van der Waals surface area contributed by atoms with E-state index in [9.17, 15) is 9.18 Å². The molecule has 0 radical (unpaired) electrons. The minimum atomic E-state index is -0.247. The number of benzene rings is 1. The molecular formula is C15H19FO2. The Balaban J connectivity index is 1.76. The average Bonchev–Trinajstić information content (AvgIpc) is 2.39. The van der Waals surface area contributed by atoms with Crippen molar-refractivity contribution >= 4 is 5.97 Å². The van der Waals surface area contributed by atoms with E-state index in [2.05, 4.69) is 0 Å². The van der Waals surface area contributed by atoms with Crippen LogP contribution in [0.25, 0.3) is 0 Å². The Morgan fingerprint density at radius 3 is 2.67 bits per heavy atom. The van der Waals surface area contributed by atoms with Crippen molar-refractivity contribution in [2.24, 2.45) is 0 Å². The van der Waals surface area contributed by atoms with Crippen LogP contribution in [0.15, 0.2) is 24.3 Å². The fourth-order valence-electron chi connectivity index (χ4n) is 2.37. The molecule has 0 aliphatic heterocycles. The maximum atomic E-state index is 13.3. The van der Waals surface area contributed by atoms with Crippen molar-refractivity contribution < 1.29 is 13.9 Å². The van der Waals surface area contributed by atoms with Crippen molar-refractivity contribution in [3.63, 3.8) is 0 Å². The van der Waals surface area contributed by atoms with Crippen molar-refractivity contribution in [3.05, 3.63) is 35.6 Å². The summed E-state index contributed by atoms with van der Waals surface area (Å²) in [5.41, 5.74) is 0.582. The van der Waals surface area contributed by atoms with E-state index in [1.807, 2.05) is 0 Å². The molecule has 98 valence electrons. The summed E-state index contributed by atoms with van der Waals surface area (Å²) in [5.74, 6) is -0.451. The second-order valence-electron chi connectivity index (χ2n) is 4.84. The van der Waals surface area contributed by atoms with Gasteiger partial charge in [0.05, 0.1) is 0 Å². The predicted molar refractivity (Wildman–Crippen MR) is 67.7 cm³/mol. The predicted octanol–water partition coefficient (Wildman–Crippen LogP) is 3.63. The van der Waals surface area contributed by atoms with E-state index in [0.717, 1.165) is 25.7 Å². The van der Waals surface area contributed by atoms with Gasteiger partial charge in [-0.2, -0.15) is 0 Å². The van der Waals surface area contributed by atoms with Crippen LogP contribution in [0, 0.1) is 5.82 Å². The molecule has 2 nitrogen and oxygen atoms in total. The number of hydrogen-bond donors (Lipinski definition) is 0. The first-order valence-electron chi connectivity index (χ1n) is 6.68. The van der Waals surface area contributed by atoms with Gasteiger partial charge in [0, 0.05) is 6.42 Å². The fourth-order valence-corrected chi connectivity index (χ4v) is 2.37. The normalized spacial score (nSPS) is 16.5. The van der Waals surface area contributed by atoms with Crippen LogP contribution in [0.5, 0.6) is 0 Å². The van der Waals surface area contributed by atoms with Gasteiger partial charge in [-0.1, -0.05) is 24.6 Å². The van der Waals surface area contributed by atoms with E-state index in [1.165, 1.54) is 12.5 Å². The van der Waals surface area contributed by atoms with Crippen LogP contribution in [0.1, 0.15) is 44.1 Å². The van der Waals surface area contributed by atoms with Crippen LogP contribution in [0.4, 0.5) is 4.39 Å². The first-order chi connectivity index (χ1) is 8.75. The van der Waals surface area contributed by atoms with E-state index in [4.69, 9.17) is 4.74 Å². The molecule has 1 aromatic carbocycles. The zero-order chi connectivity index (χ0) is 12.8. The molecule has 0 atom stereocenters. The van der Waals surface area contributed by atoms with Crippen molar-refractivity contribution in [2.45, 2.75) is 51.0 Å². The number of rotatable bonds is 4. The van der Waals surface area contributed by atoms with E-state index >= 15 is 0 Å². The van der Waals surface area contributed by atoms with Crippen molar-refractivity contribution in [3.8, 4) is 0 Å². The molecule has 1 aliphatic carbocycles. The van der Waals surface area contributed by atoms with Gasteiger partial charge in [0.15, 0.2) is 0 Å². The van der Waals surface area contributed by atoms with Gasteiger partial charge in [-0.3, -0.25) is 4.79 Å². The lowest BCUT2D eigenvalue weighted by molar-refractivity contribution is -0.150. The third-order valence-electron chi connectivity index (χ3n) is 3.41. The second-order valence-corrected chi connectivity index (χ2v) is 4.84. The van der Waals surface area contributed by atoms with Crippen molar-refractivity contribution in [1.82, 2.24) is 0 Å². The van der Waals surface area contributed by atoms with Crippen LogP contribution in [0.3, 0.4) is 0 Å². The molecule has 1 fully saturated rings. The number of esters is 1. The highest BCUT2D eigenvalue weighted by Crippen LogP contribution is 2.21. The smallest absolute Gasteiger partial charge is 0.306 e. The standard InChI is InChI=1S/C15H19FO2/c16-14-9-5-4-6-12(14)10-11-15(17)18-13-7-2-1-3-8-13/h4-6,9,13H,1-3,7-8,10-11H2. The summed E-state index contributed by atoms with van der Waals surface area (Å²) in [6.07, 6.45) is 6.25. The quantitative estimate of drug-likeness (QED) is 0.763. The summed E-state index contributed by atoms with van der Waals surface area (Å²) in [6.45, 7) is 0. The summed E-state index contributed by atoms with van der Waals surface area (Å²) >= 11 is 0. The molecule has 0 bridgehead atoms. The minimum absolute atomic E-state index is 0.0897. The molecule has 1 aromatic rings. The number of hydrogen-bond acceptors (Lipinski definition) is 2. The molecule has 3 heteroatoms. The van der Waals surface area contributed by atoms with Crippen molar-refractivity contribution in [1.29, 1.82) is 0 Å². The van der Waals surface area contributed by atoms with E-state index in [-0.39, 0.29) is 24.3 Å². The Kier molecular flexibility index (Phi) is 4.73. The SMILES string of the molecule is O=C(CCc1ccccc1F)OC1CCCCC1. The summed E-state index contributed by atoms with van der Waals surface area (Å²) in [4.78, 5) is 11.7. The Hall–Kier alpha value is -1.38. The zero-order valence-corrected chi connectivity index (χ0v) is 10.5. The lowest BCUT2D eigenvalue weighted by atomic mass is 9.98. The summed E-state index contributed by atoms with van der Waals surface area (Å²) in [6, 6.07) is 6.56. The minimum Gasteiger partial charge on any atom is -0.462 e. The lowest BCUT2D eigenvalue weighted by Gasteiger charge is -2.21. The fraction of sp³-hybridized carbons (Fsp3) is 0.533. The lowest BCUT2D eigenvalue weighted by Crippen LogP contribution is -2.21. The maximum Gasteiger partial charge on any atom is 0.306 e. The third-order valence-corrected chi connectivity index (χ3v) is 3.41. The molecule has 1 aliphatic rings. The Labute approximate surface area is 107 Å². The largest absolute Gasteiger partial charge is 0.462 e. The zero-order valence-electron chi connectivity index (χ0n) is 10.5. The molecule has 0 unspecified atom stereocenters. The monoisotopic (exact) mass is 250 g/mol. The van der Waals surface area contributed by atoms with Gasteiger partial charge in [-0.15, -0.1) is 0 Å². The molecule has 1 saturated carbocycles. The maximum absolute atomic E-state index is 13.3.